The molecule has 3 N–H and O–H groups in total. The van der Waals surface area contributed by atoms with Crippen molar-refractivity contribution in [3.63, 3.8) is 0 Å². The molecule has 0 radical (unpaired) electrons. The average molecular weight is 217 g/mol. The molecule has 4 heteroatoms. The van der Waals surface area contributed by atoms with Crippen LogP contribution in [-0.2, 0) is 0 Å². The fourth-order valence-electron chi connectivity index (χ4n) is 1.44. The van der Waals surface area contributed by atoms with E-state index in [1.54, 1.807) is 0 Å². The number of hydrogen-bond acceptors (Lipinski definition) is 3. The van der Waals surface area contributed by atoms with Gasteiger partial charge in [-0.05, 0) is 38.9 Å². The van der Waals surface area contributed by atoms with Gasteiger partial charge in [0.2, 0.25) is 0 Å². The number of hydrogen-bond donors (Lipinski definition) is 2. The molecule has 0 aliphatic heterocycles. The van der Waals surface area contributed by atoms with Gasteiger partial charge in [-0.1, -0.05) is 25.6 Å². The maximum absolute atomic E-state index is 7.07. The molecule has 0 aromatic carbocycles. The van der Waals surface area contributed by atoms with Crippen molar-refractivity contribution in [1.29, 1.82) is 5.41 Å². The Bertz CT molecular complexity index is 144. The highest BCUT2D eigenvalue weighted by Gasteiger charge is 2.01. The summed E-state index contributed by atoms with van der Waals surface area (Å²) in [6, 6.07) is 0. The van der Waals surface area contributed by atoms with Gasteiger partial charge in [-0.25, -0.2) is 0 Å². The van der Waals surface area contributed by atoms with Crippen LogP contribution in [0.4, 0.5) is 0 Å². The van der Waals surface area contributed by atoms with E-state index in [2.05, 4.69) is 18.7 Å². The van der Waals surface area contributed by atoms with Crippen LogP contribution in [0.2, 0.25) is 0 Å². The number of amidine groups is 1. The number of nitrogens with zero attached hydrogens (tertiary/aromatic N) is 1. The van der Waals surface area contributed by atoms with Crippen molar-refractivity contribution >= 4 is 16.9 Å². The molecule has 0 bridgehead atoms. The van der Waals surface area contributed by atoms with Gasteiger partial charge in [0.25, 0.3) is 0 Å². The Balaban J connectivity index is 3.44. The summed E-state index contributed by atoms with van der Waals surface area (Å²) in [4.78, 5) is 2.49. The lowest BCUT2D eigenvalue weighted by atomic mass is 10.3. The molecular weight excluding hydrogens is 194 g/mol. The van der Waals surface area contributed by atoms with Crippen molar-refractivity contribution in [3.05, 3.63) is 0 Å². The normalized spacial score (nSPS) is 10.8. The van der Waals surface area contributed by atoms with E-state index >= 15 is 0 Å². The topological polar surface area (TPSA) is 53.1 Å². The summed E-state index contributed by atoms with van der Waals surface area (Å²) in [5.41, 5.74) is 5.26. The lowest BCUT2D eigenvalue weighted by Gasteiger charge is -2.20. The van der Waals surface area contributed by atoms with Gasteiger partial charge in [0.15, 0.2) is 5.17 Å². The van der Waals surface area contributed by atoms with Gasteiger partial charge in [-0.3, -0.25) is 5.41 Å². The van der Waals surface area contributed by atoms with E-state index in [1.807, 2.05) is 0 Å². The van der Waals surface area contributed by atoms with Gasteiger partial charge in [-0.2, -0.15) is 0 Å². The summed E-state index contributed by atoms with van der Waals surface area (Å²) in [6.07, 6.45) is 3.57. The molecule has 0 amide bonds. The quantitative estimate of drug-likeness (QED) is 0.372. The number of thioether (sulfide) groups is 1. The second-order valence-electron chi connectivity index (χ2n) is 3.41. The highest BCUT2D eigenvalue weighted by molar-refractivity contribution is 8.13. The van der Waals surface area contributed by atoms with E-state index in [-0.39, 0.29) is 5.17 Å². The highest BCUT2D eigenvalue weighted by Crippen LogP contribution is 2.03. The molecule has 0 heterocycles. The zero-order valence-electron chi connectivity index (χ0n) is 9.38. The van der Waals surface area contributed by atoms with Crippen molar-refractivity contribution in [2.45, 2.75) is 33.1 Å². The van der Waals surface area contributed by atoms with Crippen molar-refractivity contribution in [1.82, 2.24) is 4.90 Å². The van der Waals surface area contributed by atoms with Crippen LogP contribution in [0.15, 0.2) is 0 Å². The molecule has 3 nitrogen and oxygen atoms in total. The number of rotatable bonds is 8. The first-order valence-electron chi connectivity index (χ1n) is 5.39. The molecule has 0 aromatic heterocycles. The molecule has 0 aliphatic rings. The first-order valence-corrected chi connectivity index (χ1v) is 6.38. The van der Waals surface area contributed by atoms with Crippen molar-refractivity contribution in [3.8, 4) is 0 Å². The van der Waals surface area contributed by atoms with Gasteiger partial charge < -0.3 is 10.6 Å². The van der Waals surface area contributed by atoms with Crippen molar-refractivity contribution in [2.75, 3.05) is 25.4 Å². The summed E-state index contributed by atoms with van der Waals surface area (Å²) in [6.45, 7) is 7.96. The number of nitrogens with two attached hydrogens (primary N) is 1. The maximum atomic E-state index is 7.07. The molecular formula is C10H23N3S. The molecule has 0 fully saturated rings. The molecule has 0 aliphatic carbocycles. The Morgan fingerprint density at radius 1 is 1.21 bits per heavy atom. The zero-order chi connectivity index (χ0) is 10.8. The summed E-state index contributed by atoms with van der Waals surface area (Å²) in [5.74, 6) is 0.971. The predicted octanol–water partition coefficient (Wildman–Crippen LogP) is 2.13. The fourth-order valence-corrected chi connectivity index (χ4v) is 1.93. The van der Waals surface area contributed by atoms with Crippen molar-refractivity contribution in [2.24, 2.45) is 5.73 Å². The summed E-state index contributed by atoms with van der Waals surface area (Å²) in [5, 5.41) is 7.31. The zero-order valence-corrected chi connectivity index (χ0v) is 10.2. The van der Waals surface area contributed by atoms with E-state index in [9.17, 15) is 0 Å². The monoisotopic (exact) mass is 217 g/mol. The largest absolute Gasteiger partial charge is 0.379 e. The molecule has 0 aromatic rings. The third-order valence-corrected chi connectivity index (χ3v) is 2.76. The third-order valence-electron chi connectivity index (χ3n) is 1.96. The van der Waals surface area contributed by atoms with Crippen LogP contribution in [0.25, 0.3) is 0 Å². The molecule has 0 spiro atoms. The molecule has 0 saturated heterocycles. The highest BCUT2D eigenvalue weighted by atomic mass is 32.2. The van der Waals surface area contributed by atoms with Crippen LogP contribution in [-0.4, -0.2) is 35.5 Å². The van der Waals surface area contributed by atoms with E-state index < -0.39 is 0 Å². The minimum atomic E-state index is 0.238. The predicted molar refractivity (Wildman–Crippen MR) is 66.0 cm³/mol. The van der Waals surface area contributed by atoms with Crippen LogP contribution >= 0.6 is 11.8 Å². The van der Waals surface area contributed by atoms with Crippen LogP contribution in [0.1, 0.15) is 33.1 Å². The second-order valence-corrected chi connectivity index (χ2v) is 4.54. The van der Waals surface area contributed by atoms with Crippen LogP contribution in [0, 0.1) is 5.41 Å². The summed E-state index contributed by atoms with van der Waals surface area (Å²) < 4.78 is 0. The second kappa shape index (κ2) is 9.34. The minimum Gasteiger partial charge on any atom is -0.379 e. The molecule has 0 atom stereocenters. The van der Waals surface area contributed by atoms with E-state index in [0.717, 1.165) is 18.7 Å². The maximum Gasteiger partial charge on any atom is 0.151 e. The molecule has 0 rings (SSSR count). The van der Waals surface area contributed by atoms with E-state index in [0.29, 0.717) is 0 Å². The van der Waals surface area contributed by atoms with Gasteiger partial charge in [0.1, 0.15) is 0 Å². The fraction of sp³-hybridized carbons (Fsp3) is 0.900. The lowest BCUT2D eigenvalue weighted by Crippen LogP contribution is -2.27. The van der Waals surface area contributed by atoms with Crippen LogP contribution in [0.5, 0.6) is 0 Å². The Morgan fingerprint density at radius 2 is 1.79 bits per heavy atom. The average Bonchev–Trinajstić information content (AvgIpc) is 2.12. The minimum absolute atomic E-state index is 0.238. The number of nitrogens with one attached hydrogen (secondary N) is 1. The molecule has 84 valence electrons. The van der Waals surface area contributed by atoms with Gasteiger partial charge in [0, 0.05) is 5.75 Å². The molecule has 14 heavy (non-hydrogen) atoms. The van der Waals surface area contributed by atoms with Gasteiger partial charge in [-0.15, -0.1) is 0 Å². The Hall–Kier alpha value is -0.220. The lowest BCUT2D eigenvalue weighted by molar-refractivity contribution is 0.276. The van der Waals surface area contributed by atoms with Gasteiger partial charge in [0.05, 0.1) is 0 Å². The Kier molecular flexibility index (Phi) is 9.19. The van der Waals surface area contributed by atoms with E-state index in [4.69, 9.17) is 11.1 Å². The molecule has 0 unspecified atom stereocenters. The van der Waals surface area contributed by atoms with Gasteiger partial charge >= 0.3 is 0 Å². The first kappa shape index (κ1) is 13.8. The smallest absolute Gasteiger partial charge is 0.151 e. The van der Waals surface area contributed by atoms with Crippen LogP contribution in [0.3, 0.4) is 0 Å². The summed E-state index contributed by atoms with van der Waals surface area (Å²) in [7, 11) is 0. The SMILES string of the molecule is CCCN(CCC)CCCSC(=N)N. The molecule has 0 saturated carbocycles. The van der Waals surface area contributed by atoms with Crippen LogP contribution < -0.4 is 5.73 Å². The Labute approximate surface area is 91.9 Å². The first-order chi connectivity index (χ1) is 6.70. The summed E-state index contributed by atoms with van der Waals surface area (Å²) >= 11 is 1.44. The Morgan fingerprint density at radius 3 is 2.21 bits per heavy atom. The third kappa shape index (κ3) is 8.38. The van der Waals surface area contributed by atoms with E-state index in [1.165, 1.54) is 37.7 Å². The standard InChI is InChI=1S/C10H23N3S/c1-3-6-13(7-4-2)8-5-9-14-10(11)12/h3-9H2,1-2H3,(H3,11,12). The van der Waals surface area contributed by atoms with Crippen molar-refractivity contribution < 1.29 is 0 Å².